The lowest BCUT2D eigenvalue weighted by Crippen LogP contribution is -2.45. The Hall–Kier alpha value is -0.0800. The van der Waals surface area contributed by atoms with E-state index in [-0.39, 0.29) is 12.0 Å². The number of aliphatic hydroxyl groups excluding tert-OH is 1. The van der Waals surface area contributed by atoms with Gasteiger partial charge >= 0.3 is 0 Å². The second kappa shape index (κ2) is 8.93. The highest BCUT2D eigenvalue weighted by molar-refractivity contribution is 4.82. The molecule has 0 aliphatic rings. The van der Waals surface area contributed by atoms with Crippen molar-refractivity contribution in [1.82, 2.24) is 5.32 Å². The van der Waals surface area contributed by atoms with Gasteiger partial charge in [-0.25, -0.2) is 0 Å². The average Bonchev–Trinajstić information content (AvgIpc) is 2.22. The lowest BCUT2D eigenvalue weighted by Gasteiger charge is -2.34. The Bertz CT molecular complexity index is 174. The maximum absolute atomic E-state index is 9.12. The van der Waals surface area contributed by atoms with Gasteiger partial charge in [0.25, 0.3) is 0 Å². The van der Waals surface area contributed by atoms with Crippen LogP contribution in [0.3, 0.4) is 0 Å². The number of rotatable bonds is 9. The molecule has 0 saturated heterocycles. The third-order valence-electron chi connectivity index (χ3n) is 3.44. The molecular weight excluding hydrogens is 210 g/mol. The number of nitrogens with one attached hydrogen (secondary N) is 1. The van der Waals surface area contributed by atoms with Gasteiger partial charge in [-0.05, 0) is 25.2 Å². The van der Waals surface area contributed by atoms with Crippen molar-refractivity contribution in [3.05, 3.63) is 0 Å². The second-order valence-electron chi connectivity index (χ2n) is 6.35. The Labute approximate surface area is 108 Å². The van der Waals surface area contributed by atoms with Gasteiger partial charge < -0.3 is 10.4 Å². The van der Waals surface area contributed by atoms with Crippen molar-refractivity contribution in [2.45, 2.75) is 85.2 Å². The van der Waals surface area contributed by atoms with Crippen molar-refractivity contribution in [2.75, 3.05) is 6.61 Å². The van der Waals surface area contributed by atoms with E-state index >= 15 is 0 Å². The van der Waals surface area contributed by atoms with Crippen molar-refractivity contribution in [3.63, 3.8) is 0 Å². The highest BCUT2D eigenvalue weighted by Crippen LogP contribution is 2.22. The summed E-state index contributed by atoms with van der Waals surface area (Å²) in [7, 11) is 0. The van der Waals surface area contributed by atoms with Crippen LogP contribution in [-0.2, 0) is 0 Å². The highest BCUT2D eigenvalue weighted by atomic mass is 16.3. The highest BCUT2D eigenvalue weighted by Gasteiger charge is 2.24. The summed E-state index contributed by atoms with van der Waals surface area (Å²) in [6.45, 7) is 11.5. The Morgan fingerprint density at radius 3 is 2.18 bits per heavy atom. The minimum absolute atomic E-state index is 0.223. The first-order valence-electron chi connectivity index (χ1n) is 7.28. The molecule has 0 fully saturated rings. The van der Waals surface area contributed by atoms with Crippen LogP contribution in [0, 0.1) is 5.41 Å². The molecule has 0 amide bonds. The van der Waals surface area contributed by atoms with Crippen molar-refractivity contribution in [1.29, 1.82) is 0 Å². The third kappa shape index (κ3) is 8.62. The summed E-state index contributed by atoms with van der Waals surface area (Å²) in [5, 5.41) is 12.8. The Morgan fingerprint density at radius 1 is 1.06 bits per heavy atom. The fourth-order valence-electron chi connectivity index (χ4n) is 2.20. The van der Waals surface area contributed by atoms with Crippen LogP contribution in [0.4, 0.5) is 0 Å². The molecule has 104 valence electrons. The normalized spacial score (nSPS) is 15.9. The summed E-state index contributed by atoms with van der Waals surface area (Å²) < 4.78 is 0. The van der Waals surface area contributed by atoms with Gasteiger partial charge in [0.2, 0.25) is 0 Å². The van der Waals surface area contributed by atoms with Crippen molar-refractivity contribution in [3.8, 4) is 0 Å². The van der Waals surface area contributed by atoms with Crippen molar-refractivity contribution >= 4 is 0 Å². The molecule has 0 rings (SSSR count). The van der Waals surface area contributed by atoms with Crippen LogP contribution in [0.25, 0.3) is 0 Å². The third-order valence-corrected chi connectivity index (χ3v) is 3.44. The van der Waals surface area contributed by atoms with Gasteiger partial charge in [-0.3, -0.25) is 0 Å². The summed E-state index contributed by atoms with van der Waals surface area (Å²) in [6, 6.07) is 0.969. The summed E-state index contributed by atoms with van der Waals surface area (Å²) in [4.78, 5) is 0. The largest absolute Gasteiger partial charge is 0.396 e. The molecule has 2 unspecified atom stereocenters. The van der Waals surface area contributed by atoms with Gasteiger partial charge in [0.1, 0.15) is 0 Å². The van der Waals surface area contributed by atoms with Crippen LogP contribution in [0.2, 0.25) is 0 Å². The first-order valence-corrected chi connectivity index (χ1v) is 7.28. The molecule has 0 aromatic rings. The zero-order valence-corrected chi connectivity index (χ0v) is 12.6. The lowest BCUT2D eigenvalue weighted by atomic mass is 9.84. The summed E-state index contributed by atoms with van der Waals surface area (Å²) in [5.41, 5.74) is 0.223. The molecule has 0 aliphatic carbocycles. The maximum Gasteiger partial charge on any atom is 0.0446 e. The molecule has 2 nitrogen and oxygen atoms in total. The van der Waals surface area contributed by atoms with Gasteiger partial charge in [-0.1, -0.05) is 53.4 Å². The molecule has 0 saturated carbocycles. The lowest BCUT2D eigenvalue weighted by molar-refractivity contribution is 0.185. The van der Waals surface area contributed by atoms with E-state index in [0.29, 0.717) is 12.1 Å². The first-order chi connectivity index (χ1) is 7.91. The minimum Gasteiger partial charge on any atom is -0.396 e. The minimum atomic E-state index is 0.223. The van der Waals surface area contributed by atoms with Gasteiger partial charge in [-0.15, -0.1) is 0 Å². The van der Waals surface area contributed by atoms with Gasteiger partial charge in [-0.2, -0.15) is 0 Å². The Morgan fingerprint density at radius 2 is 1.71 bits per heavy atom. The van der Waals surface area contributed by atoms with Crippen molar-refractivity contribution < 1.29 is 5.11 Å². The first kappa shape index (κ1) is 16.9. The monoisotopic (exact) mass is 243 g/mol. The molecule has 0 heterocycles. The standard InChI is InChI=1S/C15H33NO/c1-6-7-8-9-10-13(2)16-14(11-12-17)15(3,4)5/h13-14,16-17H,6-12H2,1-5H3. The van der Waals surface area contributed by atoms with Crippen LogP contribution < -0.4 is 5.32 Å². The van der Waals surface area contributed by atoms with E-state index < -0.39 is 0 Å². The Kier molecular flexibility index (Phi) is 8.89. The molecule has 0 radical (unpaired) electrons. The SMILES string of the molecule is CCCCCCC(C)NC(CCO)C(C)(C)C. The molecule has 17 heavy (non-hydrogen) atoms. The second-order valence-corrected chi connectivity index (χ2v) is 6.35. The van der Waals surface area contributed by atoms with Crippen LogP contribution in [0.15, 0.2) is 0 Å². The number of hydrogen-bond acceptors (Lipinski definition) is 2. The van der Waals surface area contributed by atoms with Crippen LogP contribution in [0.1, 0.15) is 73.1 Å². The van der Waals surface area contributed by atoms with E-state index in [9.17, 15) is 0 Å². The van der Waals surface area contributed by atoms with Gasteiger partial charge in [0.05, 0.1) is 0 Å². The van der Waals surface area contributed by atoms with Crippen LogP contribution >= 0.6 is 0 Å². The predicted octanol–water partition coefficient (Wildman–Crippen LogP) is 3.73. The summed E-state index contributed by atoms with van der Waals surface area (Å²) >= 11 is 0. The number of hydrogen-bond donors (Lipinski definition) is 2. The quantitative estimate of drug-likeness (QED) is 0.605. The molecular formula is C15H33NO. The number of unbranched alkanes of at least 4 members (excludes halogenated alkanes) is 3. The molecule has 0 aromatic carbocycles. The fourth-order valence-corrected chi connectivity index (χ4v) is 2.20. The zero-order chi connectivity index (χ0) is 13.3. The van der Waals surface area contributed by atoms with Gasteiger partial charge in [0, 0.05) is 18.7 Å². The molecule has 0 bridgehead atoms. The summed E-state index contributed by atoms with van der Waals surface area (Å²) in [5.74, 6) is 0. The smallest absolute Gasteiger partial charge is 0.0446 e. The van der Waals surface area contributed by atoms with Crippen LogP contribution in [0.5, 0.6) is 0 Å². The maximum atomic E-state index is 9.12. The molecule has 2 heteroatoms. The molecule has 2 N–H and O–H groups in total. The summed E-state index contributed by atoms with van der Waals surface area (Å²) in [6.07, 6.45) is 7.42. The molecule has 0 aliphatic heterocycles. The van der Waals surface area contributed by atoms with Crippen LogP contribution in [-0.4, -0.2) is 23.8 Å². The van der Waals surface area contributed by atoms with E-state index in [2.05, 4.69) is 39.9 Å². The van der Waals surface area contributed by atoms with E-state index in [1.165, 1.54) is 32.1 Å². The average molecular weight is 243 g/mol. The van der Waals surface area contributed by atoms with E-state index in [0.717, 1.165) is 6.42 Å². The topological polar surface area (TPSA) is 32.3 Å². The van der Waals surface area contributed by atoms with Crippen molar-refractivity contribution in [2.24, 2.45) is 5.41 Å². The van der Waals surface area contributed by atoms with E-state index in [4.69, 9.17) is 5.11 Å². The van der Waals surface area contributed by atoms with E-state index in [1.54, 1.807) is 0 Å². The fraction of sp³-hybridized carbons (Fsp3) is 1.00. The molecule has 0 aromatic heterocycles. The molecule has 2 atom stereocenters. The van der Waals surface area contributed by atoms with Gasteiger partial charge in [0.15, 0.2) is 0 Å². The zero-order valence-electron chi connectivity index (χ0n) is 12.6. The predicted molar refractivity (Wildman–Crippen MR) is 76.3 cm³/mol. The molecule has 0 spiro atoms. The Balaban J connectivity index is 3.91. The number of aliphatic hydroxyl groups is 1. The van der Waals surface area contributed by atoms with E-state index in [1.807, 2.05) is 0 Å².